The minimum absolute atomic E-state index is 0.512. The van der Waals surface area contributed by atoms with Crippen LogP contribution in [0.25, 0.3) is 21.8 Å². The van der Waals surface area contributed by atoms with Gasteiger partial charge in [0.2, 0.25) is 0 Å². The first-order valence-electron chi connectivity index (χ1n) is 8.70. The van der Waals surface area contributed by atoms with Crippen molar-refractivity contribution in [1.82, 2.24) is 9.97 Å². The van der Waals surface area contributed by atoms with Gasteiger partial charge in [-0.3, -0.25) is 4.98 Å². The number of nitrogens with zero attached hydrogens (tertiary/aromatic N) is 2. The summed E-state index contributed by atoms with van der Waals surface area (Å²) in [5.74, 6) is 0.512. The second kappa shape index (κ2) is 6.52. The standard InChI is InChI=1S/C22H21N3/c1-15-10-11-18-19(14-15)25-22(23)21-20(18)17(12-13-24-21)9-5-8-16-6-3-2-4-7-16/h2-4,6-7,10-14H,5,8-9H2,1H3,(H2,23,25). The predicted octanol–water partition coefficient (Wildman–Crippen LogP) is 4.85. The summed E-state index contributed by atoms with van der Waals surface area (Å²) in [6.45, 7) is 2.07. The van der Waals surface area contributed by atoms with E-state index < -0.39 is 0 Å². The topological polar surface area (TPSA) is 51.8 Å². The van der Waals surface area contributed by atoms with E-state index in [0.717, 1.165) is 41.1 Å². The fourth-order valence-electron chi connectivity index (χ4n) is 3.46. The molecule has 0 aliphatic rings. The Labute approximate surface area is 147 Å². The number of nitrogens with two attached hydrogens (primary N) is 1. The fourth-order valence-corrected chi connectivity index (χ4v) is 3.46. The third-order valence-electron chi connectivity index (χ3n) is 4.70. The van der Waals surface area contributed by atoms with E-state index in [0.29, 0.717) is 5.82 Å². The van der Waals surface area contributed by atoms with Crippen LogP contribution in [0.2, 0.25) is 0 Å². The van der Waals surface area contributed by atoms with Gasteiger partial charge in [-0.1, -0.05) is 42.5 Å². The lowest BCUT2D eigenvalue weighted by Crippen LogP contribution is -1.99. The Morgan fingerprint density at radius 1 is 0.960 bits per heavy atom. The number of hydrogen-bond acceptors (Lipinski definition) is 3. The van der Waals surface area contributed by atoms with Crippen molar-refractivity contribution in [2.45, 2.75) is 26.2 Å². The van der Waals surface area contributed by atoms with E-state index >= 15 is 0 Å². The van der Waals surface area contributed by atoms with E-state index in [1.165, 1.54) is 16.7 Å². The highest BCUT2D eigenvalue weighted by atomic mass is 14.9. The van der Waals surface area contributed by atoms with Crippen molar-refractivity contribution in [3.8, 4) is 0 Å². The monoisotopic (exact) mass is 327 g/mol. The summed E-state index contributed by atoms with van der Waals surface area (Å²) in [6.07, 6.45) is 5.01. The molecule has 0 radical (unpaired) electrons. The Morgan fingerprint density at radius 2 is 1.80 bits per heavy atom. The third kappa shape index (κ3) is 3.05. The zero-order valence-corrected chi connectivity index (χ0v) is 14.4. The van der Waals surface area contributed by atoms with E-state index in [9.17, 15) is 0 Å². The van der Waals surface area contributed by atoms with Gasteiger partial charge in [0.15, 0.2) is 5.82 Å². The van der Waals surface area contributed by atoms with E-state index in [1.54, 1.807) is 0 Å². The Kier molecular flexibility index (Phi) is 4.06. The van der Waals surface area contributed by atoms with Gasteiger partial charge in [-0.05, 0) is 55.0 Å². The molecular weight excluding hydrogens is 306 g/mol. The van der Waals surface area contributed by atoms with Crippen molar-refractivity contribution >= 4 is 27.6 Å². The van der Waals surface area contributed by atoms with Crippen molar-refractivity contribution in [2.75, 3.05) is 5.73 Å². The van der Waals surface area contributed by atoms with Crippen LogP contribution >= 0.6 is 0 Å². The van der Waals surface area contributed by atoms with Crippen molar-refractivity contribution in [3.05, 3.63) is 77.5 Å². The molecule has 0 unspecified atom stereocenters. The molecular formula is C22H21N3. The molecule has 3 nitrogen and oxygen atoms in total. The zero-order chi connectivity index (χ0) is 17.2. The third-order valence-corrected chi connectivity index (χ3v) is 4.70. The first kappa shape index (κ1) is 15.6. The van der Waals surface area contributed by atoms with Gasteiger partial charge < -0.3 is 5.73 Å². The van der Waals surface area contributed by atoms with Crippen LogP contribution in [0.3, 0.4) is 0 Å². The van der Waals surface area contributed by atoms with Crippen molar-refractivity contribution in [3.63, 3.8) is 0 Å². The molecule has 25 heavy (non-hydrogen) atoms. The molecule has 2 heterocycles. The van der Waals surface area contributed by atoms with E-state index in [2.05, 4.69) is 71.5 Å². The van der Waals surface area contributed by atoms with E-state index in [4.69, 9.17) is 5.73 Å². The molecule has 4 aromatic rings. The molecule has 0 aliphatic heterocycles. The Morgan fingerprint density at radius 3 is 2.64 bits per heavy atom. The average Bonchev–Trinajstić information content (AvgIpc) is 2.63. The van der Waals surface area contributed by atoms with Crippen molar-refractivity contribution in [1.29, 1.82) is 0 Å². The maximum Gasteiger partial charge on any atom is 0.150 e. The summed E-state index contributed by atoms with van der Waals surface area (Å²) < 4.78 is 0. The van der Waals surface area contributed by atoms with Crippen LogP contribution in [-0.4, -0.2) is 9.97 Å². The summed E-state index contributed by atoms with van der Waals surface area (Å²) in [5.41, 5.74) is 11.8. The Balaban J connectivity index is 1.74. The number of nitrogen functional groups attached to an aromatic ring is 1. The summed E-state index contributed by atoms with van der Waals surface area (Å²) >= 11 is 0. The van der Waals surface area contributed by atoms with Gasteiger partial charge in [-0.15, -0.1) is 0 Å². The molecule has 0 amide bonds. The normalized spacial score (nSPS) is 11.2. The second-order valence-corrected chi connectivity index (χ2v) is 6.55. The number of hydrogen-bond donors (Lipinski definition) is 1. The molecule has 0 aliphatic carbocycles. The largest absolute Gasteiger partial charge is 0.382 e. The molecule has 2 aromatic carbocycles. The van der Waals surface area contributed by atoms with Crippen LogP contribution in [0.15, 0.2) is 60.8 Å². The van der Waals surface area contributed by atoms with Crippen molar-refractivity contribution in [2.24, 2.45) is 0 Å². The summed E-state index contributed by atoms with van der Waals surface area (Å²) in [5, 5.41) is 2.29. The minimum atomic E-state index is 0.512. The highest BCUT2D eigenvalue weighted by Gasteiger charge is 2.11. The van der Waals surface area contributed by atoms with Gasteiger partial charge in [-0.25, -0.2) is 4.98 Å². The molecule has 124 valence electrons. The lowest BCUT2D eigenvalue weighted by Gasteiger charge is -2.11. The lowest BCUT2D eigenvalue weighted by atomic mass is 9.98. The molecule has 0 spiro atoms. The molecule has 0 atom stereocenters. The molecule has 2 aromatic heterocycles. The highest BCUT2D eigenvalue weighted by molar-refractivity contribution is 6.09. The number of aromatic nitrogens is 2. The number of anilines is 1. The molecule has 3 heteroatoms. The first-order valence-corrected chi connectivity index (χ1v) is 8.70. The maximum absolute atomic E-state index is 6.19. The summed E-state index contributed by atoms with van der Waals surface area (Å²) in [6, 6.07) is 19.1. The Hall–Kier alpha value is -2.94. The van der Waals surface area contributed by atoms with Crippen LogP contribution in [0.4, 0.5) is 5.82 Å². The molecule has 4 rings (SSSR count). The predicted molar refractivity (Wildman–Crippen MR) is 105 cm³/mol. The van der Waals surface area contributed by atoms with Gasteiger partial charge in [0.25, 0.3) is 0 Å². The van der Waals surface area contributed by atoms with Crippen LogP contribution in [0, 0.1) is 6.92 Å². The number of benzene rings is 2. The van der Waals surface area contributed by atoms with Gasteiger partial charge in [0, 0.05) is 17.0 Å². The van der Waals surface area contributed by atoms with Gasteiger partial charge >= 0.3 is 0 Å². The average molecular weight is 327 g/mol. The number of aryl methyl sites for hydroxylation is 3. The zero-order valence-electron chi connectivity index (χ0n) is 14.4. The Bertz CT molecular complexity index is 1040. The van der Waals surface area contributed by atoms with Gasteiger partial charge in [0.1, 0.15) is 5.52 Å². The maximum atomic E-state index is 6.19. The minimum Gasteiger partial charge on any atom is -0.382 e. The first-order chi connectivity index (χ1) is 12.2. The fraction of sp³-hybridized carbons (Fsp3) is 0.182. The van der Waals surface area contributed by atoms with Crippen molar-refractivity contribution < 1.29 is 0 Å². The van der Waals surface area contributed by atoms with E-state index in [1.807, 2.05) is 6.20 Å². The number of rotatable bonds is 4. The SMILES string of the molecule is Cc1ccc2c(c1)nc(N)c1nccc(CCCc3ccccc3)c12. The smallest absolute Gasteiger partial charge is 0.150 e. The molecule has 0 saturated carbocycles. The van der Waals surface area contributed by atoms with Gasteiger partial charge in [-0.2, -0.15) is 0 Å². The summed E-state index contributed by atoms with van der Waals surface area (Å²) in [4.78, 5) is 9.04. The molecule has 0 fully saturated rings. The van der Waals surface area contributed by atoms with Gasteiger partial charge in [0.05, 0.1) is 5.52 Å². The van der Waals surface area contributed by atoms with Crippen LogP contribution < -0.4 is 5.73 Å². The summed E-state index contributed by atoms with van der Waals surface area (Å²) in [7, 11) is 0. The number of pyridine rings is 2. The second-order valence-electron chi connectivity index (χ2n) is 6.55. The molecule has 0 saturated heterocycles. The molecule has 0 bridgehead atoms. The van der Waals surface area contributed by atoms with Crippen LogP contribution in [0.5, 0.6) is 0 Å². The quantitative estimate of drug-likeness (QED) is 0.545. The highest BCUT2D eigenvalue weighted by Crippen LogP contribution is 2.30. The lowest BCUT2D eigenvalue weighted by molar-refractivity contribution is 0.824. The van der Waals surface area contributed by atoms with E-state index in [-0.39, 0.29) is 0 Å². The molecule has 2 N–H and O–H groups in total. The van der Waals surface area contributed by atoms with Crippen LogP contribution in [-0.2, 0) is 12.8 Å². The van der Waals surface area contributed by atoms with Crippen LogP contribution in [0.1, 0.15) is 23.1 Å². The number of fused-ring (bicyclic) bond motifs is 3.